The largest absolute Gasteiger partial charge is 0.497 e. The fourth-order valence-corrected chi connectivity index (χ4v) is 2.83. The van der Waals surface area contributed by atoms with Crippen LogP contribution in [-0.4, -0.2) is 12.9 Å². The summed E-state index contributed by atoms with van der Waals surface area (Å²) < 4.78 is 6.96. The van der Waals surface area contributed by atoms with Crippen molar-refractivity contribution in [3.63, 3.8) is 0 Å². The summed E-state index contributed by atoms with van der Waals surface area (Å²) in [5.41, 5.74) is 1.50. The Hall–Kier alpha value is -1.59. The maximum atomic E-state index is 12.0. The van der Waals surface area contributed by atoms with Crippen molar-refractivity contribution in [1.82, 2.24) is 0 Å². The monoisotopic (exact) mass is 409 g/mol. The van der Waals surface area contributed by atoms with Gasteiger partial charge >= 0.3 is 0 Å². The topological polar surface area (TPSA) is 38.3 Å². The molecule has 0 heterocycles. The fraction of sp³-hybridized carbons (Fsp3) is 0.0625. The molecule has 1 N–H and O–H groups in total. The highest BCUT2D eigenvalue weighted by Gasteiger charge is 2.02. The van der Waals surface area contributed by atoms with Crippen molar-refractivity contribution in [1.29, 1.82) is 0 Å². The van der Waals surface area contributed by atoms with E-state index in [9.17, 15) is 4.79 Å². The first-order chi connectivity index (χ1) is 10.1. The highest BCUT2D eigenvalue weighted by Crippen LogP contribution is 2.26. The van der Waals surface area contributed by atoms with Crippen LogP contribution in [0.15, 0.2) is 63.7 Å². The quantitative estimate of drug-likeness (QED) is 0.554. The molecule has 5 heteroatoms. The minimum Gasteiger partial charge on any atom is -0.497 e. The van der Waals surface area contributed by atoms with Crippen molar-refractivity contribution < 1.29 is 9.53 Å². The average molecular weight is 411 g/mol. The molecule has 0 aliphatic carbocycles. The zero-order chi connectivity index (χ0) is 15.2. The van der Waals surface area contributed by atoms with E-state index in [0.717, 1.165) is 20.4 Å². The van der Waals surface area contributed by atoms with Crippen LogP contribution in [0.25, 0.3) is 0 Å². The molecule has 0 saturated heterocycles. The summed E-state index contributed by atoms with van der Waals surface area (Å²) >= 11 is 6.84. The van der Waals surface area contributed by atoms with Crippen LogP contribution in [0.4, 0.5) is 5.69 Å². The Bertz CT molecular complexity index is 666. The third-order valence-corrected chi connectivity index (χ3v) is 3.93. The van der Waals surface area contributed by atoms with E-state index in [1.165, 1.54) is 6.08 Å². The standard InChI is InChI=1S/C16H13Br2NO2/c1-21-13-5-2-11(3-6-13)16(20)8-9-19-15-7-4-12(17)10-14(15)18/h2-10,19H,1H3/b9-8+. The summed E-state index contributed by atoms with van der Waals surface area (Å²) in [4.78, 5) is 12.0. The Balaban J connectivity index is 2.01. The molecular weight excluding hydrogens is 398 g/mol. The number of hydrogen-bond donors (Lipinski definition) is 1. The Kier molecular flexibility index (Phi) is 5.59. The fourth-order valence-electron chi connectivity index (χ4n) is 1.67. The van der Waals surface area contributed by atoms with Gasteiger partial charge in [-0.1, -0.05) is 15.9 Å². The number of ether oxygens (including phenoxy) is 1. The third kappa shape index (κ3) is 4.44. The van der Waals surface area contributed by atoms with Crippen molar-refractivity contribution in [3.8, 4) is 5.75 Å². The molecule has 21 heavy (non-hydrogen) atoms. The first-order valence-electron chi connectivity index (χ1n) is 6.16. The minimum absolute atomic E-state index is 0.0709. The van der Waals surface area contributed by atoms with Crippen LogP contribution in [0.3, 0.4) is 0 Å². The lowest BCUT2D eigenvalue weighted by Gasteiger charge is -2.04. The minimum atomic E-state index is -0.0709. The Labute approximate surface area is 140 Å². The summed E-state index contributed by atoms with van der Waals surface area (Å²) in [7, 11) is 1.59. The van der Waals surface area contributed by atoms with Gasteiger partial charge in [0, 0.05) is 26.8 Å². The summed E-state index contributed by atoms with van der Waals surface area (Å²) in [6.07, 6.45) is 3.12. The number of rotatable bonds is 5. The molecule has 2 aromatic rings. The number of nitrogens with one attached hydrogen (secondary N) is 1. The molecule has 0 amide bonds. The Morgan fingerprint density at radius 2 is 1.86 bits per heavy atom. The number of carbonyl (C=O) groups excluding carboxylic acids is 1. The SMILES string of the molecule is COc1ccc(C(=O)/C=C/Nc2ccc(Br)cc2Br)cc1. The maximum absolute atomic E-state index is 12.0. The molecule has 0 atom stereocenters. The van der Waals surface area contributed by atoms with Crippen LogP contribution in [0.1, 0.15) is 10.4 Å². The molecule has 3 nitrogen and oxygen atoms in total. The maximum Gasteiger partial charge on any atom is 0.187 e. The Morgan fingerprint density at radius 1 is 1.14 bits per heavy atom. The van der Waals surface area contributed by atoms with Gasteiger partial charge in [-0.2, -0.15) is 0 Å². The molecular formula is C16H13Br2NO2. The van der Waals surface area contributed by atoms with E-state index in [1.807, 2.05) is 18.2 Å². The number of methoxy groups -OCH3 is 1. The van der Waals surface area contributed by atoms with Crippen molar-refractivity contribution >= 4 is 43.3 Å². The van der Waals surface area contributed by atoms with Gasteiger partial charge in [-0.25, -0.2) is 0 Å². The third-order valence-electron chi connectivity index (χ3n) is 2.78. The normalized spacial score (nSPS) is 10.6. The first kappa shape index (κ1) is 15.8. The second kappa shape index (κ2) is 7.43. The van der Waals surface area contributed by atoms with Crippen molar-refractivity contribution in [2.24, 2.45) is 0 Å². The van der Waals surface area contributed by atoms with Crippen molar-refractivity contribution in [2.45, 2.75) is 0 Å². The van der Waals surface area contributed by atoms with Gasteiger partial charge in [-0.15, -0.1) is 0 Å². The lowest BCUT2D eigenvalue weighted by molar-refractivity contribution is 0.104. The predicted octanol–water partition coefficient (Wildman–Crippen LogP) is 5.03. The Morgan fingerprint density at radius 3 is 2.48 bits per heavy atom. The van der Waals surface area contributed by atoms with E-state index in [-0.39, 0.29) is 5.78 Å². The highest BCUT2D eigenvalue weighted by atomic mass is 79.9. The second-order valence-corrected chi connectivity index (χ2v) is 5.96. The number of anilines is 1. The molecule has 0 radical (unpaired) electrons. The van der Waals surface area contributed by atoms with Gasteiger partial charge in [0.05, 0.1) is 12.8 Å². The van der Waals surface area contributed by atoms with Crippen LogP contribution in [0.2, 0.25) is 0 Å². The second-order valence-electron chi connectivity index (χ2n) is 4.19. The van der Waals surface area contributed by atoms with E-state index in [4.69, 9.17) is 4.74 Å². The predicted molar refractivity (Wildman–Crippen MR) is 91.9 cm³/mol. The van der Waals surface area contributed by atoms with E-state index < -0.39 is 0 Å². The molecule has 0 bridgehead atoms. The molecule has 2 rings (SSSR count). The molecule has 0 unspecified atom stereocenters. The van der Waals surface area contributed by atoms with Gasteiger partial charge in [0.15, 0.2) is 5.78 Å². The van der Waals surface area contributed by atoms with Gasteiger partial charge in [0.2, 0.25) is 0 Å². The van der Waals surface area contributed by atoms with E-state index in [0.29, 0.717) is 5.56 Å². The molecule has 0 aliphatic rings. The zero-order valence-corrected chi connectivity index (χ0v) is 14.4. The van der Waals surface area contributed by atoms with Gasteiger partial charge in [0.25, 0.3) is 0 Å². The number of hydrogen-bond acceptors (Lipinski definition) is 3. The molecule has 0 fully saturated rings. The summed E-state index contributed by atoms with van der Waals surface area (Å²) in [5.74, 6) is 0.658. The molecule has 108 valence electrons. The first-order valence-corrected chi connectivity index (χ1v) is 7.75. The molecule has 0 aromatic heterocycles. The highest BCUT2D eigenvalue weighted by molar-refractivity contribution is 9.11. The number of allylic oxidation sites excluding steroid dienone is 1. The summed E-state index contributed by atoms with van der Waals surface area (Å²) in [6, 6.07) is 12.8. The number of halogens is 2. The van der Waals surface area contributed by atoms with E-state index in [1.54, 1.807) is 37.6 Å². The number of benzene rings is 2. The van der Waals surface area contributed by atoms with Crippen LogP contribution in [0, 0.1) is 0 Å². The smallest absolute Gasteiger partial charge is 0.187 e. The molecule has 0 saturated carbocycles. The van der Waals surface area contributed by atoms with E-state index in [2.05, 4.69) is 37.2 Å². The average Bonchev–Trinajstić information content (AvgIpc) is 2.49. The van der Waals surface area contributed by atoms with E-state index >= 15 is 0 Å². The van der Waals surface area contributed by atoms with Crippen molar-refractivity contribution in [2.75, 3.05) is 12.4 Å². The van der Waals surface area contributed by atoms with Crippen LogP contribution >= 0.6 is 31.9 Å². The van der Waals surface area contributed by atoms with Crippen LogP contribution in [0.5, 0.6) is 5.75 Å². The number of carbonyl (C=O) groups is 1. The molecule has 0 spiro atoms. The van der Waals surface area contributed by atoms with Crippen LogP contribution in [-0.2, 0) is 0 Å². The molecule has 2 aromatic carbocycles. The van der Waals surface area contributed by atoms with Crippen molar-refractivity contribution in [3.05, 3.63) is 69.2 Å². The van der Waals surface area contributed by atoms with Gasteiger partial charge in [-0.05, 0) is 58.4 Å². The lowest BCUT2D eigenvalue weighted by Crippen LogP contribution is -1.96. The summed E-state index contributed by atoms with van der Waals surface area (Å²) in [5, 5.41) is 3.07. The molecule has 0 aliphatic heterocycles. The van der Waals surface area contributed by atoms with Gasteiger partial charge < -0.3 is 10.1 Å². The van der Waals surface area contributed by atoms with Gasteiger partial charge in [0.1, 0.15) is 5.75 Å². The lowest BCUT2D eigenvalue weighted by atomic mass is 10.1. The van der Waals surface area contributed by atoms with Gasteiger partial charge in [-0.3, -0.25) is 4.79 Å². The zero-order valence-electron chi connectivity index (χ0n) is 11.3. The summed E-state index contributed by atoms with van der Waals surface area (Å²) in [6.45, 7) is 0. The van der Waals surface area contributed by atoms with Crippen LogP contribution < -0.4 is 10.1 Å². The number of ketones is 1.